The van der Waals surface area contributed by atoms with E-state index in [0.717, 1.165) is 44.9 Å². The Labute approximate surface area is 123 Å². The predicted molar refractivity (Wildman–Crippen MR) is 85.7 cm³/mol. The Hall–Kier alpha value is -1.44. The summed E-state index contributed by atoms with van der Waals surface area (Å²) in [4.78, 5) is 23.1. The van der Waals surface area contributed by atoms with Crippen molar-refractivity contribution in [3.05, 3.63) is 36.5 Å². The second kappa shape index (κ2) is 14.0. The molecule has 0 aromatic carbocycles. The van der Waals surface area contributed by atoms with Gasteiger partial charge in [-0.05, 0) is 51.0 Å². The van der Waals surface area contributed by atoms with Gasteiger partial charge in [0.1, 0.15) is 0 Å². The maximum absolute atomic E-state index is 11.6. The molecule has 0 amide bonds. The zero-order chi connectivity index (χ0) is 15.1. The lowest BCUT2D eigenvalue weighted by Crippen LogP contribution is -2.10. The summed E-state index contributed by atoms with van der Waals surface area (Å²) in [6.07, 6.45) is 18.7. The number of carbonyl (C=O) groups is 2. The van der Waals surface area contributed by atoms with E-state index in [9.17, 15) is 9.59 Å². The van der Waals surface area contributed by atoms with Crippen LogP contribution in [0.25, 0.3) is 0 Å². The summed E-state index contributed by atoms with van der Waals surface area (Å²) >= 11 is 0. The molecule has 0 heterocycles. The number of ketones is 2. The first-order valence-electron chi connectivity index (χ1n) is 7.76. The van der Waals surface area contributed by atoms with Gasteiger partial charge in [-0.25, -0.2) is 0 Å². The lowest BCUT2D eigenvalue weighted by atomic mass is 10.1. The van der Waals surface area contributed by atoms with Crippen LogP contribution in [0.4, 0.5) is 0 Å². The van der Waals surface area contributed by atoms with Gasteiger partial charge in [-0.2, -0.15) is 0 Å². The Morgan fingerprint density at radius 1 is 0.750 bits per heavy atom. The number of hydrogen-bond acceptors (Lipinski definition) is 2. The SMILES string of the molecule is CCC=CCCC=CC(=O)C(=O)CCCCC=CCC. The molecule has 0 aliphatic rings. The van der Waals surface area contributed by atoms with Gasteiger partial charge in [-0.1, -0.05) is 44.2 Å². The molecule has 0 N–H and O–H groups in total. The maximum Gasteiger partial charge on any atom is 0.221 e. The Balaban J connectivity index is 3.70. The van der Waals surface area contributed by atoms with Crippen molar-refractivity contribution in [1.29, 1.82) is 0 Å². The molecule has 2 nitrogen and oxygen atoms in total. The summed E-state index contributed by atoms with van der Waals surface area (Å²) in [5, 5.41) is 0. The van der Waals surface area contributed by atoms with Crippen molar-refractivity contribution in [1.82, 2.24) is 0 Å². The van der Waals surface area contributed by atoms with Gasteiger partial charge < -0.3 is 0 Å². The zero-order valence-electron chi connectivity index (χ0n) is 12.9. The molecule has 0 bridgehead atoms. The third kappa shape index (κ3) is 11.6. The smallest absolute Gasteiger partial charge is 0.221 e. The lowest BCUT2D eigenvalue weighted by Gasteiger charge is -1.96. The van der Waals surface area contributed by atoms with Crippen LogP contribution in [0.2, 0.25) is 0 Å². The van der Waals surface area contributed by atoms with Crippen LogP contribution in [0.15, 0.2) is 36.5 Å². The summed E-state index contributed by atoms with van der Waals surface area (Å²) < 4.78 is 0. The van der Waals surface area contributed by atoms with Crippen molar-refractivity contribution in [3.63, 3.8) is 0 Å². The van der Waals surface area contributed by atoms with Crippen LogP contribution in [0, 0.1) is 0 Å². The van der Waals surface area contributed by atoms with Crippen molar-refractivity contribution in [2.45, 2.75) is 65.2 Å². The van der Waals surface area contributed by atoms with Crippen molar-refractivity contribution >= 4 is 11.6 Å². The monoisotopic (exact) mass is 276 g/mol. The lowest BCUT2D eigenvalue weighted by molar-refractivity contribution is -0.133. The highest BCUT2D eigenvalue weighted by atomic mass is 16.2. The van der Waals surface area contributed by atoms with E-state index < -0.39 is 0 Å². The minimum Gasteiger partial charge on any atom is -0.291 e. The predicted octanol–water partition coefficient (Wildman–Crippen LogP) is 4.95. The Kier molecular flexibility index (Phi) is 13.0. The van der Waals surface area contributed by atoms with E-state index in [2.05, 4.69) is 38.2 Å². The quantitative estimate of drug-likeness (QED) is 0.219. The van der Waals surface area contributed by atoms with Gasteiger partial charge in [-0.15, -0.1) is 0 Å². The second-order valence-corrected chi connectivity index (χ2v) is 4.77. The molecule has 0 spiro atoms. The fourth-order valence-electron chi connectivity index (χ4n) is 1.72. The molecule has 0 rings (SSSR count). The molecular weight excluding hydrogens is 248 g/mol. The van der Waals surface area contributed by atoms with Gasteiger partial charge in [0, 0.05) is 6.42 Å². The molecule has 20 heavy (non-hydrogen) atoms. The maximum atomic E-state index is 11.6. The van der Waals surface area contributed by atoms with Crippen molar-refractivity contribution < 1.29 is 9.59 Å². The Morgan fingerprint density at radius 2 is 1.35 bits per heavy atom. The number of carbonyl (C=O) groups excluding carboxylic acids is 2. The summed E-state index contributed by atoms with van der Waals surface area (Å²) in [6.45, 7) is 4.19. The molecule has 0 radical (unpaired) electrons. The first-order valence-corrected chi connectivity index (χ1v) is 7.76. The molecule has 0 aliphatic heterocycles. The molecule has 2 heteroatoms. The van der Waals surface area contributed by atoms with Crippen LogP contribution >= 0.6 is 0 Å². The standard InChI is InChI=1S/C18H28O2/c1-3-5-7-9-11-13-15-17(19)18(20)16-14-12-10-8-6-4-2/h5-8,13,15H,3-4,9-12,14,16H2,1-2H3. The highest BCUT2D eigenvalue weighted by Gasteiger charge is 2.08. The van der Waals surface area contributed by atoms with Gasteiger partial charge in [-0.3, -0.25) is 9.59 Å². The van der Waals surface area contributed by atoms with Crippen LogP contribution in [0.3, 0.4) is 0 Å². The molecule has 0 fully saturated rings. The zero-order valence-corrected chi connectivity index (χ0v) is 12.9. The molecule has 0 aromatic rings. The average Bonchev–Trinajstić information content (AvgIpc) is 2.45. The van der Waals surface area contributed by atoms with Gasteiger partial charge >= 0.3 is 0 Å². The van der Waals surface area contributed by atoms with E-state index >= 15 is 0 Å². The van der Waals surface area contributed by atoms with E-state index in [1.54, 1.807) is 6.08 Å². The summed E-state index contributed by atoms with van der Waals surface area (Å²) in [7, 11) is 0. The van der Waals surface area contributed by atoms with Crippen LogP contribution in [0.1, 0.15) is 65.2 Å². The first kappa shape index (κ1) is 18.6. The number of allylic oxidation sites excluding steroid dienone is 6. The summed E-state index contributed by atoms with van der Waals surface area (Å²) in [5.74, 6) is -0.613. The van der Waals surface area contributed by atoms with E-state index in [1.165, 1.54) is 6.08 Å². The summed E-state index contributed by atoms with van der Waals surface area (Å²) in [6, 6.07) is 0. The minimum atomic E-state index is -0.353. The van der Waals surface area contributed by atoms with Crippen LogP contribution in [0.5, 0.6) is 0 Å². The number of hydrogen-bond donors (Lipinski definition) is 0. The first-order chi connectivity index (χ1) is 9.72. The van der Waals surface area contributed by atoms with E-state index in [4.69, 9.17) is 0 Å². The van der Waals surface area contributed by atoms with Gasteiger partial charge in [0.05, 0.1) is 0 Å². The van der Waals surface area contributed by atoms with Crippen molar-refractivity contribution in [2.75, 3.05) is 0 Å². The second-order valence-electron chi connectivity index (χ2n) is 4.77. The topological polar surface area (TPSA) is 34.1 Å². The Bertz CT molecular complexity index is 348. The van der Waals surface area contributed by atoms with E-state index in [-0.39, 0.29) is 11.6 Å². The minimum absolute atomic E-state index is 0.259. The van der Waals surface area contributed by atoms with Gasteiger partial charge in [0.2, 0.25) is 11.6 Å². The third-order valence-electron chi connectivity index (χ3n) is 2.87. The third-order valence-corrected chi connectivity index (χ3v) is 2.87. The molecule has 0 aromatic heterocycles. The van der Waals surface area contributed by atoms with Crippen LogP contribution < -0.4 is 0 Å². The fraction of sp³-hybridized carbons (Fsp3) is 0.556. The largest absolute Gasteiger partial charge is 0.291 e. The highest BCUT2D eigenvalue weighted by molar-refractivity contribution is 6.41. The van der Waals surface area contributed by atoms with Crippen LogP contribution in [-0.4, -0.2) is 11.6 Å². The fourth-order valence-corrected chi connectivity index (χ4v) is 1.72. The highest BCUT2D eigenvalue weighted by Crippen LogP contribution is 2.03. The van der Waals surface area contributed by atoms with Crippen LogP contribution in [-0.2, 0) is 9.59 Å². The number of Topliss-reactive ketones (excluding diaryl/α,β-unsaturated/α-hetero) is 1. The van der Waals surface area contributed by atoms with Crippen molar-refractivity contribution in [2.24, 2.45) is 0 Å². The van der Waals surface area contributed by atoms with E-state index in [1.807, 2.05) is 0 Å². The molecular formula is C18H28O2. The van der Waals surface area contributed by atoms with Crippen molar-refractivity contribution in [3.8, 4) is 0 Å². The van der Waals surface area contributed by atoms with E-state index in [0.29, 0.717) is 6.42 Å². The molecule has 112 valence electrons. The normalized spacial score (nSPS) is 11.9. The molecule has 0 saturated carbocycles. The average molecular weight is 276 g/mol. The summed E-state index contributed by atoms with van der Waals surface area (Å²) in [5.41, 5.74) is 0. The molecule has 0 saturated heterocycles. The van der Waals surface area contributed by atoms with Gasteiger partial charge in [0.15, 0.2) is 0 Å². The Morgan fingerprint density at radius 3 is 2.00 bits per heavy atom. The van der Waals surface area contributed by atoms with Gasteiger partial charge in [0.25, 0.3) is 0 Å². The molecule has 0 atom stereocenters. The molecule has 0 unspecified atom stereocenters. The molecule has 0 aliphatic carbocycles. The number of rotatable bonds is 12. The number of unbranched alkanes of at least 4 members (excludes halogenated alkanes) is 3.